The molecule has 0 nitrogen and oxygen atoms in total. The maximum Gasteiger partial charge on any atom is 0.0355 e. The third-order valence-corrected chi connectivity index (χ3v) is 5.63. The van der Waals surface area contributed by atoms with Crippen LogP contribution in [0.3, 0.4) is 0 Å². The fourth-order valence-corrected chi connectivity index (χ4v) is 4.12. The van der Waals surface area contributed by atoms with E-state index in [0.717, 1.165) is 0 Å². The quantitative estimate of drug-likeness (QED) is 0.368. The Labute approximate surface area is 147 Å². The largest absolute Gasteiger partial charge is 0.135 e. The van der Waals surface area contributed by atoms with Crippen LogP contribution in [0.25, 0.3) is 31.7 Å². The molecule has 0 saturated heterocycles. The van der Waals surface area contributed by atoms with Crippen LogP contribution in [0.1, 0.15) is 25.3 Å². The van der Waals surface area contributed by atoms with E-state index in [1.807, 2.05) is 11.3 Å². The zero-order valence-corrected chi connectivity index (χ0v) is 14.8. The van der Waals surface area contributed by atoms with E-state index >= 15 is 0 Å². The van der Waals surface area contributed by atoms with Crippen molar-refractivity contribution in [2.24, 2.45) is 0 Å². The van der Waals surface area contributed by atoms with Crippen molar-refractivity contribution in [2.45, 2.75) is 19.8 Å². The molecule has 0 unspecified atom stereocenters. The van der Waals surface area contributed by atoms with Gasteiger partial charge in [0.1, 0.15) is 0 Å². The highest BCUT2D eigenvalue weighted by atomic mass is 32.1. The number of hydrogen-bond donors (Lipinski definition) is 0. The predicted octanol–water partition coefficient (Wildman–Crippen LogP) is 7.36. The van der Waals surface area contributed by atoms with Crippen LogP contribution in [0.2, 0.25) is 0 Å². The summed E-state index contributed by atoms with van der Waals surface area (Å²) in [7, 11) is 0. The summed E-state index contributed by atoms with van der Waals surface area (Å²) in [5, 5.41) is 1.34. The monoisotopic (exact) mass is 328 g/mol. The number of benzene rings is 3. The lowest BCUT2D eigenvalue weighted by Crippen LogP contribution is -1.84. The minimum absolute atomic E-state index is 0.574. The standard InChI is InChI=1S/C23H20S/c1-16(2)20-12-13-21-15-22(24-23(21)14-20)19-10-8-18(9-11-19)17-6-4-3-5-7-17/h3-16H,1-2H3. The van der Waals surface area contributed by atoms with Gasteiger partial charge in [0.05, 0.1) is 0 Å². The summed E-state index contributed by atoms with van der Waals surface area (Å²) in [5.74, 6) is 0.574. The molecular formula is C23H20S. The lowest BCUT2D eigenvalue weighted by Gasteiger charge is -2.03. The van der Waals surface area contributed by atoms with Gasteiger partial charge in [0.25, 0.3) is 0 Å². The summed E-state index contributed by atoms with van der Waals surface area (Å²) < 4.78 is 1.38. The maximum absolute atomic E-state index is 2.34. The predicted molar refractivity (Wildman–Crippen MR) is 107 cm³/mol. The van der Waals surface area contributed by atoms with E-state index in [-0.39, 0.29) is 0 Å². The van der Waals surface area contributed by atoms with Gasteiger partial charge < -0.3 is 0 Å². The molecule has 0 saturated carbocycles. The van der Waals surface area contributed by atoms with Crippen molar-refractivity contribution >= 4 is 21.4 Å². The molecule has 0 fully saturated rings. The fraction of sp³-hybridized carbons (Fsp3) is 0.130. The lowest BCUT2D eigenvalue weighted by atomic mass is 10.0. The third-order valence-electron chi connectivity index (χ3n) is 4.49. The molecule has 0 spiro atoms. The van der Waals surface area contributed by atoms with E-state index in [4.69, 9.17) is 0 Å². The second-order valence-corrected chi connectivity index (χ2v) is 7.59. The highest BCUT2D eigenvalue weighted by Crippen LogP contribution is 2.35. The smallest absolute Gasteiger partial charge is 0.0355 e. The van der Waals surface area contributed by atoms with Crippen LogP contribution in [0.15, 0.2) is 78.9 Å². The van der Waals surface area contributed by atoms with Crippen molar-refractivity contribution in [3.05, 3.63) is 84.4 Å². The van der Waals surface area contributed by atoms with Gasteiger partial charge in [-0.2, -0.15) is 0 Å². The average molecular weight is 328 g/mol. The van der Waals surface area contributed by atoms with E-state index < -0.39 is 0 Å². The van der Waals surface area contributed by atoms with Crippen molar-refractivity contribution in [3.8, 4) is 21.6 Å². The average Bonchev–Trinajstić information content (AvgIpc) is 3.06. The normalized spacial score (nSPS) is 11.3. The first kappa shape index (κ1) is 15.2. The fourth-order valence-electron chi connectivity index (χ4n) is 3.01. The molecule has 1 heteroatoms. The van der Waals surface area contributed by atoms with E-state index in [9.17, 15) is 0 Å². The van der Waals surface area contributed by atoms with Crippen molar-refractivity contribution in [1.29, 1.82) is 0 Å². The summed E-state index contributed by atoms with van der Waals surface area (Å²) in [6, 6.07) is 28.6. The van der Waals surface area contributed by atoms with Crippen molar-refractivity contribution in [1.82, 2.24) is 0 Å². The highest BCUT2D eigenvalue weighted by molar-refractivity contribution is 7.22. The molecule has 0 aliphatic carbocycles. The van der Waals surface area contributed by atoms with Gasteiger partial charge in [-0.15, -0.1) is 11.3 Å². The van der Waals surface area contributed by atoms with Crippen LogP contribution in [0, 0.1) is 0 Å². The summed E-state index contributed by atoms with van der Waals surface area (Å²) in [4.78, 5) is 1.34. The first-order chi connectivity index (χ1) is 11.7. The first-order valence-corrected chi connectivity index (χ1v) is 9.22. The number of hydrogen-bond acceptors (Lipinski definition) is 1. The summed E-state index contributed by atoms with van der Waals surface area (Å²) in [5.41, 5.74) is 5.24. The third kappa shape index (κ3) is 2.88. The minimum atomic E-state index is 0.574. The van der Waals surface area contributed by atoms with Crippen molar-refractivity contribution in [3.63, 3.8) is 0 Å². The Kier molecular flexibility index (Phi) is 3.95. The Bertz CT molecular complexity index is 960. The molecule has 1 heterocycles. The van der Waals surface area contributed by atoms with Crippen LogP contribution >= 0.6 is 11.3 Å². The molecule has 0 N–H and O–H groups in total. The van der Waals surface area contributed by atoms with Crippen LogP contribution in [0.4, 0.5) is 0 Å². The molecule has 4 rings (SSSR count). The van der Waals surface area contributed by atoms with Crippen LogP contribution in [-0.2, 0) is 0 Å². The first-order valence-electron chi connectivity index (χ1n) is 8.40. The molecule has 4 aromatic rings. The van der Waals surface area contributed by atoms with E-state index in [1.165, 1.54) is 37.2 Å². The van der Waals surface area contributed by atoms with Crippen LogP contribution in [0.5, 0.6) is 0 Å². The van der Waals surface area contributed by atoms with Gasteiger partial charge in [-0.1, -0.05) is 80.6 Å². The second-order valence-electron chi connectivity index (χ2n) is 6.51. The SMILES string of the molecule is CC(C)c1ccc2cc(-c3ccc(-c4ccccc4)cc3)sc2c1. The molecule has 0 aliphatic heterocycles. The molecular weight excluding hydrogens is 308 g/mol. The molecule has 118 valence electrons. The molecule has 0 radical (unpaired) electrons. The zero-order chi connectivity index (χ0) is 16.5. The topological polar surface area (TPSA) is 0 Å². The Morgan fingerprint density at radius 1 is 0.667 bits per heavy atom. The van der Waals surface area contributed by atoms with Gasteiger partial charge in [-0.05, 0) is 45.7 Å². The number of rotatable bonds is 3. The van der Waals surface area contributed by atoms with E-state index in [1.54, 1.807) is 0 Å². The van der Waals surface area contributed by atoms with Crippen molar-refractivity contribution < 1.29 is 0 Å². The second kappa shape index (κ2) is 6.26. The Balaban J connectivity index is 1.69. The van der Waals surface area contributed by atoms with Crippen LogP contribution in [-0.4, -0.2) is 0 Å². The van der Waals surface area contributed by atoms with Gasteiger partial charge in [0.15, 0.2) is 0 Å². The minimum Gasteiger partial charge on any atom is -0.135 e. The molecule has 0 aliphatic rings. The summed E-state index contributed by atoms with van der Waals surface area (Å²) in [6.07, 6.45) is 0. The summed E-state index contributed by atoms with van der Waals surface area (Å²) in [6.45, 7) is 4.50. The molecule has 0 bridgehead atoms. The van der Waals surface area contributed by atoms with Gasteiger partial charge in [-0.3, -0.25) is 0 Å². The van der Waals surface area contributed by atoms with Gasteiger partial charge in [0, 0.05) is 9.58 Å². The highest BCUT2D eigenvalue weighted by Gasteiger charge is 2.07. The molecule has 0 amide bonds. The summed E-state index contributed by atoms with van der Waals surface area (Å²) >= 11 is 1.88. The number of fused-ring (bicyclic) bond motifs is 1. The Morgan fingerprint density at radius 3 is 2.04 bits per heavy atom. The molecule has 3 aromatic carbocycles. The van der Waals surface area contributed by atoms with Crippen molar-refractivity contribution in [2.75, 3.05) is 0 Å². The van der Waals surface area contributed by atoms with E-state index in [2.05, 4.69) is 92.7 Å². The van der Waals surface area contributed by atoms with Gasteiger partial charge in [0.2, 0.25) is 0 Å². The molecule has 1 aromatic heterocycles. The van der Waals surface area contributed by atoms with Gasteiger partial charge >= 0.3 is 0 Å². The van der Waals surface area contributed by atoms with Gasteiger partial charge in [-0.25, -0.2) is 0 Å². The Morgan fingerprint density at radius 2 is 1.33 bits per heavy atom. The number of thiophene rings is 1. The molecule has 24 heavy (non-hydrogen) atoms. The Hall–Kier alpha value is -2.38. The van der Waals surface area contributed by atoms with E-state index in [0.29, 0.717) is 5.92 Å². The van der Waals surface area contributed by atoms with Crippen LogP contribution < -0.4 is 0 Å². The lowest BCUT2D eigenvalue weighted by molar-refractivity contribution is 0.869. The zero-order valence-electron chi connectivity index (χ0n) is 14.0. The maximum atomic E-state index is 2.34. The molecule has 0 atom stereocenters.